The Kier molecular flexibility index (Phi) is 5.09. The van der Waals surface area contributed by atoms with Crippen LogP contribution in [0.5, 0.6) is 5.75 Å². The number of nitrogens with zero attached hydrogens (tertiary/aromatic N) is 1. The number of ether oxygens (including phenoxy) is 1. The molecule has 0 aliphatic rings. The summed E-state index contributed by atoms with van der Waals surface area (Å²) in [6, 6.07) is 21.6. The van der Waals surface area contributed by atoms with Crippen molar-refractivity contribution < 1.29 is 9.53 Å². The van der Waals surface area contributed by atoms with Crippen molar-refractivity contribution in [3.8, 4) is 5.75 Å². The van der Waals surface area contributed by atoms with Crippen LogP contribution < -0.4 is 10.2 Å². The van der Waals surface area contributed by atoms with Crippen molar-refractivity contribution in [3.05, 3.63) is 77.9 Å². The molecule has 0 aliphatic carbocycles. The Morgan fingerprint density at radius 1 is 1.00 bits per heavy atom. The molecule has 3 rings (SSSR count). The molecule has 1 N–H and O–H groups in total. The van der Waals surface area contributed by atoms with E-state index in [0.717, 1.165) is 33.4 Å². The van der Waals surface area contributed by atoms with E-state index in [9.17, 15) is 4.79 Å². The van der Waals surface area contributed by atoms with Gasteiger partial charge in [0.05, 0.1) is 19.2 Å². The van der Waals surface area contributed by atoms with Gasteiger partial charge in [-0.3, -0.25) is 4.79 Å². The lowest BCUT2D eigenvalue weighted by molar-refractivity contribution is -0.120. The SMILES string of the molecule is COc1ccc(CC(=O)N/N=C(/C)c2cccc3ccccc23)cc1. The average molecular weight is 332 g/mol. The second-order valence-corrected chi connectivity index (χ2v) is 5.78. The molecule has 0 atom stereocenters. The van der Waals surface area contributed by atoms with Crippen LogP contribution in [0.1, 0.15) is 18.1 Å². The van der Waals surface area contributed by atoms with E-state index in [-0.39, 0.29) is 12.3 Å². The van der Waals surface area contributed by atoms with Gasteiger partial charge in [-0.25, -0.2) is 5.43 Å². The number of nitrogens with one attached hydrogen (secondary N) is 1. The Morgan fingerprint density at radius 2 is 1.72 bits per heavy atom. The molecule has 0 fully saturated rings. The molecular formula is C21H20N2O2. The van der Waals surface area contributed by atoms with E-state index in [4.69, 9.17) is 4.74 Å². The van der Waals surface area contributed by atoms with Crippen LogP contribution >= 0.6 is 0 Å². The van der Waals surface area contributed by atoms with E-state index in [1.165, 1.54) is 0 Å². The zero-order chi connectivity index (χ0) is 17.6. The predicted octanol–water partition coefficient (Wildman–Crippen LogP) is 3.93. The number of carbonyl (C=O) groups excluding carboxylic acids is 1. The quantitative estimate of drug-likeness (QED) is 0.568. The van der Waals surface area contributed by atoms with Gasteiger partial charge in [0.1, 0.15) is 5.75 Å². The number of methoxy groups -OCH3 is 1. The fourth-order valence-corrected chi connectivity index (χ4v) is 2.72. The Morgan fingerprint density at radius 3 is 2.48 bits per heavy atom. The number of hydrogen-bond donors (Lipinski definition) is 1. The number of amides is 1. The minimum absolute atomic E-state index is 0.148. The first-order chi connectivity index (χ1) is 12.2. The van der Waals surface area contributed by atoms with E-state index in [1.54, 1.807) is 7.11 Å². The van der Waals surface area contributed by atoms with Crippen molar-refractivity contribution in [1.82, 2.24) is 5.43 Å². The number of fused-ring (bicyclic) bond motifs is 1. The van der Waals surface area contributed by atoms with Gasteiger partial charge in [-0.1, -0.05) is 54.6 Å². The molecule has 4 heteroatoms. The summed E-state index contributed by atoms with van der Waals surface area (Å²) in [7, 11) is 1.62. The Bertz CT molecular complexity index is 909. The fraction of sp³-hybridized carbons (Fsp3) is 0.143. The summed E-state index contributed by atoms with van der Waals surface area (Å²) in [5, 5.41) is 6.54. The van der Waals surface area contributed by atoms with E-state index in [2.05, 4.69) is 28.7 Å². The van der Waals surface area contributed by atoms with Gasteiger partial charge >= 0.3 is 0 Å². The number of hydrogen-bond acceptors (Lipinski definition) is 3. The first-order valence-corrected chi connectivity index (χ1v) is 8.11. The summed E-state index contributed by atoms with van der Waals surface area (Å²) >= 11 is 0. The summed E-state index contributed by atoms with van der Waals surface area (Å²) in [5.41, 5.74) is 5.35. The maximum atomic E-state index is 12.1. The van der Waals surface area contributed by atoms with Crippen LogP contribution in [-0.2, 0) is 11.2 Å². The summed E-state index contributed by atoms with van der Waals surface area (Å²) < 4.78 is 5.11. The molecule has 0 bridgehead atoms. The van der Waals surface area contributed by atoms with Gasteiger partial charge in [0, 0.05) is 5.56 Å². The van der Waals surface area contributed by atoms with Gasteiger partial charge in [-0.15, -0.1) is 0 Å². The topological polar surface area (TPSA) is 50.7 Å². The Balaban J connectivity index is 1.70. The van der Waals surface area contributed by atoms with Crippen molar-refractivity contribution in [2.24, 2.45) is 5.10 Å². The third kappa shape index (κ3) is 4.04. The largest absolute Gasteiger partial charge is 0.497 e. The maximum Gasteiger partial charge on any atom is 0.244 e. The second kappa shape index (κ2) is 7.62. The van der Waals surface area contributed by atoms with Crippen LogP contribution in [0.4, 0.5) is 0 Å². The number of benzene rings is 3. The zero-order valence-corrected chi connectivity index (χ0v) is 14.3. The number of hydrazone groups is 1. The molecule has 0 saturated heterocycles. The van der Waals surface area contributed by atoms with E-state index in [0.29, 0.717) is 0 Å². The molecule has 4 nitrogen and oxygen atoms in total. The minimum atomic E-state index is -0.148. The first kappa shape index (κ1) is 16.7. The lowest BCUT2D eigenvalue weighted by atomic mass is 10.0. The molecule has 126 valence electrons. The molecular weight excluding hydrogens is 312 g/mol. The number of rotatable bonds is 5. The molecule has 0 aliphatic heterocycles. The van der Waals surface area contributed by atoms with Crippen molar-refractivity contribution in [3.63, 3.8) is 0 Å². The summed E-state index contributed by atoms with van der Waals surface area (Å²) in [4.78, 5) is 12.1. The summed E-state index contributed by atoms with van der Waals surface area (Å²) in [6.07, 6.45) is 0.274. The van der Waals surface area contributed by atoms with Crippen LogP contribution in [0.15, 0.2) is 71.8 Å². The van der Waals surface area contributed by atoms with Crippen LogP contribution in [0.25, 0.3) is 10.8 Å². The minimum Gasteiger partial charge on any atom is -0.497 e. The highest BCUT2D eigenvalue weighted by atomic mass is 16.5. The normalized spacial score (nSPS) is 11.4. The predicted molar refractivity (Wildman–Crippen MR) is 101 cm³/mol. The van der Waals surface area contributed by atoms with E-state index >= 15 is 0 Å². The van der Waals surface area contributed by atoms with E-state index < -0.39 is 0 Å². The smallest absolute Gasteiger partial charge is 0.244 e. The van der Waals surface area contributed by atoms with Gasteiger partial charge in [0.25, 0.3) is 0 Å². The number of carbonyl (C=O) groups is 1. The van der Waals surface area contributed by atoms with Gasteiger partial charge in [0.15, 0.2) is 0 Å². The fourth-order valence-electron chi connectivity index (χ4n) is 2.72. The Hall–Kier alpha value is -3.14. The van der Waals surface area contributed by atoms with Gasteiger partial charge in [0.2, 0.25) is 5.91 Å². The molecule has 0 saturated carbocycles. The Labute approximate surface area is 147 Å². The third-order valence-corrected chi connectivity index (χ3v) is 4.05. The molecule has 3 aromatic rings. The standard InChI is InChI=1S/C21H20N2O2/c1-15(19-9-5-7-17-6-3-4-8-20(17)19)22-23-21(24)14-16-10-12-18(25-2)13-11-16/h3-13H,14H2,1-2H3,(H,23,24)/b22-15-. The second-order valence-electron chi connectivity index (χ2n) is 5.78. The highest BCUT2D eigenvalue weighted by molar-refractivity contribution is 6.09. The zero-order valence-electron chi connectivity index (χ0n) is 14.3. The lowest BCUT2D eigenvalue weighted by Gasteiger charge is -2.07. The highest BCUT2D eigenvalue weighted by Gasteiger charge is 2.06. The van der Waals surface area contributed by atoms with Crippen LogP contribution in [0.2, 0.25) is 0 Å². The molecule has 1 amide bonds. The molecule has 3 aromatic carbocycles. The summed E-state index contributed by atoms with van der Waals surface area (Å²) in [5.74, 6) is 0.624. The van der Waals surface area contributed by atoms with Gasteiger partial charge < -0.3 is 4.74 Å². The first-order valence-electron chi connectivity index (χ1n) is 8.11. The van der Waals surface area contributed by atoms with Crippen LogP contribution in [0.3, 0.4) is 0 Å². The van der Waals surface area contributed by atoms with Gasteiger partial charge in [-0.05, 0) is 35.4 Å². The van der Waals surface area contributed by atoms with E-state index in [1.807, 2.05) is 55.5 Å². The van der Waals surface area contributed by atoms with Crippen molar-refractivity contribution in [2.45, 2.75) is 13.3 Å². The molecule has 0 heterocycles. The molecule has 0 aromatic heterocycles. The van der Waals surface area contributed by atoms with Crippen molar-refractivity contribution in [2.75, 3.05) is 7.11 Å². The highest BCUT2D eigenvalue weighted by Crippen LogP contribution is 2.19. The van der Waals surface area contributed by atoms with Gasteiger partial charge in [-0.2, -0.15) is 5.10 Å². The lowest BCUT2D eigenvalue weighted by Crippen LogP contribution is -2.21. The monoisotopic (exact) mass is 332 g/mol. The average Bonchev–Trinajstić information content (AvgIpc) is 2.66. The molecule has 25 heavy (non-hydrogen) atoms. The molecule has 0 radical (unpaired) electrons. The van der Waals surface area contributed by atoms with Crippen LogP contribution in [-0.4, -0.2) is 18.7 Å². The molecule has 0 spiro atoms. The molecule has 0 unspecified atom stereocenters. The summed E-state index contributed by atoms with van der Waals surface area (Å²) in [6.45, 7) is 1.90. The van der Waals surface area contributed by atoms with Crippen molar-refractivity contribution >= 4 is 22.4 Å². The van der Waals surface area contributed by atoms with Crippen molar-refractivity contribution in [1.29, 1.82) is 0 Å². The third-order valence-electron chi connectivity index (χ3n) is 4.05. The van der Waals surface area contributed by atoms with Crippen LogP contribution in [0, 0.1) is 0 Å². The maximum absolute atomic E-state index is 12.1.